The second-order valence-electron chi connectivity index (χ2n) is 14.9. The number of hydrogen-bond acceptors (Lipinski definition) is 8. The van der Waals surface area contributed by atoms with Gasteiger partial charge in [-0.15, -0.1) is 0 Å². The van der Waals surface area contributed by atoms with Crippen molar-refractivity contribution < 1.29 is 4.79 Å². The number of rotatable bonds is 9. The Kier molecular flexibility index (Phi) is 10.3. The average Bonchev–Trinajstić information content (AvgIpc) is 3.87. The molecule has 6 aromatic carbocycles. The summed E-state index contributed by atoms with van der Waals surface area (Å²) < 4.78 is 4.22. The number of hydrogen-bond donors (Lipinski definition) is 3. The highest BCUT2D eigenvalue weighted by atomic mass is 16.1. The Labute approximate surface area is 351 Å². The maximum atomic E-state index is 11.5. The van der Waals surface area contributed by atoms with Crippen molar-refractivity contribution in [2.24, 2.45) is 19.8 Å². The maximum Gasteiger partial charge on any atom is 0.248 e. The fourth-order valence-corrected chi connectivity index (χ4v) is 7.69. The van der Waals surface area contributed by atoms with E-state index in [1.165, 1.54) is 21.8 Å². The lowest BCUT2D eigenvalue weighted by Gasteiger charge is -2.12. The Bertz CT molecular complexity index is 3300. The van der Waals surface area contributed by atoms with Crippen molar-refractivity contribution in [3.05, 3.63) is 181 Å². The Hall–Kier alpha value is -8.36. The summed E-state index contributed by atoms with van der Waals surface area (Å²) in [6.07, 6.45) is 11.0. The summed E-state index contributed by atoms with van der Waals surface area (Å²) >= 11 is 0. The topological polar surface area (TPSA) is 152 Å². The summed E-state index contributed by atoms with van der Waals surface area (Å²) in [4.78, 5) is 29.7. The molecule has 11 nitrogen and oxygen atoms in total. The van der Waals surface area contributed by atoms with Crippen molar-refractivity contribution in [3.63, 3.8) is 0 Å². The molecule has 0 fully saturated rings. The first-order valence-corrected chi connectivity index (χ1v) is 19.8. The number of amides is 1. The first kappa shape index (κ1) is 38.2. The van der Waals surface area contributed by atoms with Gasteiger partial charge in [-0.1, -0.05) is 36.4 Å². The normalized spacial score (nSPS) is 11.0. The average molecular weight is 797 g/mol. The molecule has 0 spiro atoms. The van der Waals surface area contributed by atoms with Gasteiger partial charge in [0.25, 0.3) is 0 Å². The molecule has 0 saturated carbocycles. The van der Waals surface area contributed by atoms with Gasteiger partial charge in [-0.2, -0.15) is 5.26 Å². The molecule has 10 aromatic rings. The van der Waals surface area contributed by atoms with Crippen LogP contribution in [-0.2, 0) is 27.2 Å². The Morgan fingerprint density at radius 2 is 1.11 bits per heavy atom. The van der Waals surface area contributed by atoms with Crippen LogP contribution in [-0.4, -0.2) is 35.0 Å². The fourth-order valence-electron chi connectivity index (χ4n) is 7.69. The van der Waals surface area contributed by atoms with Gasteiger partial charge in [0, 0.05) is 114 Å². The third-order valence-electron chi connectivity index (χ3n) is 10.8. The molecule has 0 unspecified atom stereocenters. The van der Waals surface area contributed by atoms with Crippen molar-refractivity contribution in [2.45, 2.75) is 13.1 Å². The molecule has 1 amide bonds. The van der Waals surface area contributed by atoms with Crippen molar-refractivity contribution in [3.8, 4) is 28.3 Å². The van der Waals surface area contributed by atoms with Crippen LogP contribution in [0.15, 0.2) is 159 Å². The standard InChI is InChI=1S/C25H21N5O.C25H19N5/c1-30-10-7-18-12-17(5-6-23(18)30)21-13-20(14-22-24(21)28-9-8-27-22)29-15-16-3-2-4-19(11-16)25(26)31;1-30-10-7-20-12-19(5-6-24(20)30)22-13-21(14-23-25(22)28-9-8-27-23)29-16-18-4-2-3-17(11-18)15-26/h2-14,29H,15H2,1H3,(H2,26,31);2-14,29H,16H2,1H3. The number of nitriles is 1. The first-order valence-electron chi connectivity index (χ1n) is 19.8. The lowest BCUT2D eigenvalue weighted by Crippen LogP contribution is -2.11. The molecule has 11 heteroatoms. The minimum absolute atomic E-state index is 0.429. The molecule has 4 N–H and O–H groups in total. The van der Waals surface area contributed by atoms with E-state index < -0.39 is 5.91 Å². The summed E-state index contributed by atoms with van der Waals surface area (Å²) in [5, 5.41) is 18.4. The Morgan fingerprint density at radius 1 is 0.607 bits per heavy atom. The molecular formula is C50H40N10O. The van der Waals surface area contributed by atoms with Crippen LogP contribution in [0, 0.1) is 11.3 Å². The van der Waals surface area contributed by atoms with Crippen LogP contribution in [0.2, 0.25) is 0 Å². The molecule has 0 aliphatic carbocycles. The highest BCUT2D eigenvalue weighted by Crippen LogP contribution is 2.34. The zero-order valence-corrected chi connectivity index (χ0v) is 33.5. The van der Waals surface area contributed by atoms with Crippen LogP contribution in [0.25, 0.3) is 66.1 Å². The van der Waals surface area contributed by atoms with E-state index in [0.717, 1.165) is 66.8 Å². The van der Waals surface area contributed by atoms with Gasteiger partial charge >= 0.3 is 0 Å². The van der Waals surface area contributed by atoms with Gasteiger partial charge in [0.15, 0.2) is 0 Å². The van der Waals surface area contributed by atoms with Crippen LogP contribution >= 0.6 is 0 Å². The van der Waals surface area contributed by atoms with Gasteiger partial charge in [0.2, 0.25) is 5.91 Å². The van der Waals surface area contributed by atoms with Crippen LogP contribution in [0.1, 0.15) is 27.0 Å². The van der Waals surface area contributed by atoms with Gasteiger partial charge in [-0.25, -0.2) is 0 Å². The Morgan fingerprint density at radius 3 is 1.64 bits per heavy atom. The molecule has 61 heavy (non-hydrogen) atoms. The lowest BCUT2D eigenvalue weighted by molar-refractivity contribution is 0.1000. The molecule has 0 aliphatic heterocycles. The zero-order chi connectivity index (χ0) is 41.9. The summed E-state index contributed by atoms with van der Waals surface area (Å²) in [6, 6.07) is 42.5. The predicted molar refractivity (Wildman–Crippen MR) is 244 cm³/mol. The number of fused-ring (bicyclic) bond motifs is 4. The van der Waals surface area contributed by atoms with Gasteiger partial charge in [0.05, 0.1) is 33.7 Å². The number of carbonyl (C=O) groups is 1. The van der Waals surface area contributed by atoms with Crippen LogP contribution in [0.3, 0.4) is 0 Å². The van der Waals surface area contributed by atoms with Crippen LogP contribution in [0.5, 0.6) is 0 Å². The number of aryl methyl sites for hydroxylation is 2. The van der Waals surface area contributed by atoms with E-state index in [1.807, 2.05) is 55.6 Å². The van der Waals surface area contributed by atoms with Gasteiger partial charge in [-0.05, 0) is 107 Å². The molecular weight excluding hydrogens is 757 g/mol. The molecule has 4 aromatic heterocycles. The summed E-state index contributed by atoms with van der Waals surface area (Å²) in [6.45, 7) is 1.18. The summed E-state index contributed by atoms with van der Waals surface area (Å²) in [5.74, 6) is -0.429. The van der Waals surface area contributed by atoms with Crippen molar-refractivity contribution >= 4 is 61.2 Å². The quantitative estimate of drug-likeness (QED) is 0.131. The number of benzene rings is 6. The monoisotopic (exact) mass is 796 g/mol. The number of nitrogens with one attached hydrogen (secondary N) is 2. The number of carbonyl (C=O) groups excluding carboxylic acids is 1. The second-order valence-corrected chi connectivity index (χ2v) is 14.9. The number of nitrogens with zero attached hydrogens (tertiary/aromatic N) is 7. The van der Waals surface area contributed by atoms with Crippen molar-refractivity contribution in [1.82, 2.24) is 29.1 Å². The third kappa shape index (κ3) is 8.06. The molecule has 0 atom stereocenters. The second kappa shape index (κ2) is 16.5. The zero-order valence-electron chi connectivity index (χ0n) is 33.5. The van der Waals surface area contributed by atoms with Crippen molar-refractivity contribution in [1.29, 1.82) is 5.26 Å². The van der Waals surface area contributed by atoms with E-state index in [1.54, 1.807) is 36.9 Å². The van der Waals surface area contributed by atoms with E-state index in [9.17, 15) is 4.79 Å². The number of aromatic nitrogens is 6. The van der Waals surface area contributed by atoms with E-state index in [0.29, 0.717) is 24.2 Å². The molecule has 4 heterocycles. The number of nitrogens with two attached hydrogens (primary N) is 1. The van der Waals surface area contributed by atoms with Gasteiger partial charge in [0.1, 0.15) is 0 Å². The van der Waals surface area contributed by atoms with E-state index in [-0.39, 0.29) is 0 Å². The minimum Gasteiger partial charge on any atom is -0.381 e. The van der Waals surface area contributed by atoms with E-state index >= 15 is 0 Å². The molecule has 10 rings (SSSR count). The lowest BCUT2D eigenvalue weighted by atomic mass is 10.0. The largest absolute Gasteiger partial charge is 0.381 e. The summed E-state index contributed by atoms with van der Waals surface area (Å²) in [5.41, 5.74) is 20.5. The van der Waals surface area contributed by atoms with E-state index in [4.69, 9.17) is 11.0 Å². The highest BCUT2D eigenvalue weighted by molar-refractivity contribution is 5.98. The third-order valence-corrected chi connectivity index (χ3v) is 10.8. The van der Waals surface area contributed by atoms with E-state index in [2.05, 4.69) is 126 Å². The first-order chi connectivity index (χ1) is 29.8. The molecule has 0 radical (unpaired) electrons. The van der Waals surface area contributed by atoms with Crippen LogP contribution < -0.4 is 16.4 Å². The fraction of sp³-hybridized carbons (Fsp3) is 0.0800. The maximum absolute atomic E-state index is 11.5. The van der Waals surface area contributed by atoms with Gasteiger partial charge < -0.3 is 25.5 Å². The van der Waals surface area contributed by atoms with Crippen LogP contribution in [0.4, 0.5) is 11.4 Å². The number of primary amides is 1. The Balaban J connectivity index is 0.000000156. The number of anilines is 2. The highest BCUT2D eigenvalue weighted by Gasteiger charge is 2.13. The summed E-state index contributed by atoms with van der Waals surface area (Å²) in [7, 11) is 4.09. The van der Waals surface area contributed by atoms with Gasteiger partial charge in [-0.3, -0.25) is 24.7 Å². The predicted octanol–water partition coefficient (Wildman–Crippen LogP) is 9.77. The molecule has 0 bridgehead atoms. The molecule has 0 saturated heterocycles. The smallest absolute Gasteiger partial charge is 0.248 e. The molecule has 296 valence electrons. The van der Waals surface area contributed by atoms with Crippen molar-refractivity contribution in [2.75, 3.05) is 10.6 Å². The molecule has 0 aliphatic rings. The minimum atomic E-state index is -0.429. The SMILES string of the molecule is Cn1ccc2cc(-c3cc(NCc4cccc(C#N)c4)cc4nccnc34)ccc21.Cn1ccc2cc(-c3cc(NCc4cccc(C(N)=O)c4)cc4nccnc34)ccc21.